The summed E-state index contributed by atoms with van der Waals surface area (Å²) in [4.78, 5) is 0. The van der Waals surface area contributed by atoms with Gasteiger partial charge in [-0.2, -0.15) is 0 Å². The highest BCUT2D eigenvalue weighted by Gasteiger charge is 2.03. The Morgan fingerprint density at radius 1 is 1.50 bits per heavy atom. The van der Waals surface area contributed by atoms with Crippen molar-refractivity contribution >= 4 is 15.9 Å². The van der Waals surface area contributed by atoms with Crippen molar-refractivity contribution in [2.45, 2.75) is 13.5 Å². The Morgan fingerprint density at radius 3 is 2.75 bits per heavy atom. The number of hydrogen-bond acceptors (Lipinski definition) is 1. The quantitative estimate of drug-likeness (QED) is 0.826. The lowest BCUT2D eigenvalue weighted by atomic mass is 10.1. The van der Waals surface area contributed by atoms with Gasteiger partial charge in [-0.15, -0.1) is 0 Å². The van der Waals surface area contributed by atoms with E-state index in [2.05, 4.69) is 21.2 Å². The number of halogens is 2. The average molecular weight is 232 g/mol. The van der Waals surface area contributed by atoms with Crippen LogP contribution in [0.5, 0.6) is 0 Å². The van der Waals surface area contributed by atoms with Gasteiger partial charge < -0.3 is 5.32 Å². The maximum absolute atomic E-state index is 12.9. The maximum Gasteiger partial charge on any atom is 0.137 e. The van der Waals surface area contributed by atoms with Crippen molar-refractivity contribution in [3.8, 4) is 0 Å². The molecule has 0 unspecified atom stereocenters. The Bertz CT molecular complexity index is 286. The van der Waals surface area contributed by atoms with Crippen molar-refractivity contribution in [1.29, 1.82) is 0 Å². The van der Waals surface area contributed by atoms with Crippen molar-refractivity contribution in [3.05, 3.63) is 33.5 Å². The fraction of sp³-hybridized carbons (Fsp3) is 0.333. The molecule has 0 aliphatic rings. The first-order valence-electron chi connectivity index (χ1n) is 3.74. The highest BCUT2D eigenvalue weighted by molar-refractivity contribution is 9.10. The van der Waals surface area contributed by atoms with E-state index in [-0.39, 0.29) is 5.82 Å². The molecule has 1 rings (SSSR count). The third-order valence-corrected chi connectivity index (χ3v) is 2.35. The lowest BCUT2D eigenvalue weighted by molar-refractivity contribution is 0.618. The SMILES string of the molecule is CNCc1cc(Br)c(F)cc1C. The molecule has 0 fully saturated rings. The summed E-state index contributed by atoms with van der Waals surface area (Å²) in [5.74, 6) is -0.202. The van der Waals surface area contributed by atoms with Crippen molar-refractivity contribution in [2.24, 2.45) is 0 Å². The zero-order chi connectivity index (χ0) is 9.14. The van der Waals surface area contributed by atoms with Crippen LogP contribution in [0.25, 0.3) is 0 Å². The second-order valence-corrected chi connectivity index (χ2v) is 3.58. The Kier molecular flexibility index (Phi) is 3.23. The first kappa shape index (κ1) is 9.68. The van der Waals surface area contributed by atoms with Gasteiger partial charge in [0.15, 0.2) is 0 Å². The second-order valence-electron chi connectivity index (χ2n) is 2.72. The second kappa shape index (κ2) is 4.01. The van der Waals surface area contributed by atoms with Crippen LogP contribution in [0.1, 0.15) is 11.1 Å². The van der Waals surface area contributed by atoms with Crippen LogP contribution in [-0.4, -0.2) is 7.05 Å². The molecular weight excluding hydrogens is 221 g/mol. The summed E-state index contributed by atoms with van der Waals surface area (Å²) in [6.07, 6.45) is 0. The van der Waals surface area contributed by atoms with Crippen LogP contribution in [-0.2, 0) is 6.54 Å². The van der Waals surface area contributed by atoms with Crippen LogP contribution in [0.15, 0.2) is 16.6 Å². The minimum Gasteiger partial charge on any atom is -0.316 e. The zero-order valence-electron chi connectivity index (χ0n) is 7.12. The fourth-order valence-electron chi connectivity index (χ4n) is 1.07. The molecule has 0 atom stereocenters. The highest BCUT2D eigenvalue weighted by atomic mass is 79.9. The molecule has 0 amide bonds. The monoisotopic (exact) mass is 231 g/mol. The van der Waals surface area contributed by atoms with E-state index >= 15 is 0 Å². The molecule has 3 heteroatoms. The topological polar surface area (TPSA) is 12.0 Å². The van der Waals surface area contributed by atoms with E-state index in [1.54, 1.807) is 6.07 Å². The third kappa shape index (κ3) is 2.05. The average Bonchev–Trinajstić information content (AvgIpc) is 2.01. The molecule has 0 aliphatic heterocycles. The summed E-state index contributed by atoms with van der Waals surface area (Å²) in [6.45, 7) is 2.67. The van der Waals surface area contributed by atoms with Gasteiger partial charge in [-0.05, 0) is 53.2 Å². The van der Waals surface area contributed by atoms with Gasteiger partial charge in [0, 0.05) is 6.54 Å². The van der Waals surface area contributed by atoms with E-state index in [4.69, 9.17) is 0 Å². The number of nitrogens with one attached hydrogen (secondary N) is 1. The summed E-state index contributed by atoms with van der Waals surface area (Å²) in [5, 5.41) is 3.03. The molecule has 0 spiro atoms. The molecule has 1 aromatic rings. The summed E-state index contributed by atoms with van der Waals surface area (Å²) >= 11 is 3.15. The number of aryl methyl sites for hydroxylation is 1. The van der Waals surface area contributed by atoms with E-state index in [0.29, 0.717) is 4.47 Å². The Balaban J connectivity index is 3.05. The van der Waals surface area contributed by atoms with Crippen LogP contribution in [0, 0.1) is 12.7 Å². The molecule has 1 aromatic carbocycles. The van der Waals surface area contributed by atoms with Crippen LogP contribution < -0.4 is 5.32 Å². The van der Waals surface area contributed by atoms with Gasteiger partial charge in [0.2, 0.25) is 0 Å². The molecule has 0 saturated carbocycles. The van der Waals surface area contributed by atoms with Gasteiger partial charge in [0.25, 0.3) is 0 Å². The maximum atomic E-state index is 12.9. The lowest BCUT2D eigenvalue weighted by Gasteiger charge is -2.05. The minimum atomic E-state index is -0.202. The fourth-order valence-corrected chi connectivity index (χ4v) is 1.46. The predicted molar refractivity (Wildman–Crippen MR) is 51.6 cm³/mol. The summed E-state index contributed by atoms with van der Waals surface area (Å²) in [5.41, 5.74) is 2.09. The Morgan fingerprint density at radius 2 is 2.17 bits per heavy atom. The summed E-state index contributed by atoms with van der Waals surface area (Å²) in [7, 11) is 1.87. The van der Waals surface area contributed by atoms with Crippen LogP contribution >= 0.6 is 15.9 Å². The van der Waals surface area contributed by atoms with Crippen LogP contribution in [0.3, 0.4) is 0 Å². The number of hydrogen-bond donors (Lipinski definition) is 1. The van der Waals surface area contributed by atoms with Gasteiger partial charge in [-0.25, -0.2) is 4.39 Å². The van der Waals surface area contributed by atoms with E-state index in [9.17, 15) is 4.39 Å². The van der Waals surface area contributed by atoms with Crippen LogP contribution in [0.2, 0.25) is 0 Å². The van der Waals surface area contributed by atoms with Gasteiger partial charge in [-0.1, -0.05) is 0 Å². The Hall–Kier alpha value is -0.410. The predicted octanol–water partition coefficient (Wildman–Crippen LogP) is 2.62. The lowest BCUT2D eigenvalue weighted by Crippen LogP contribution is -2.06. The molecule has 0 heterocycles. The highest BCUT2D eigenvalue weighted by Crippen LogP contribution is 2.20. The van der Waals surface area contributed by atoms with Crippen molar-refractivity contribution in [1.82, 2.24) is 5.32 Å². The smallest absolute Gasteiger partial charge is 0.137 e. The first-order valence-corrected chi connectivity index (χ1v) is 4.53. The van der Waals surface area contributed by atoms with Gasteiger partial charge in [0.05, 0.1) is 4.47 Å². The normalized spacial score (nSPS) is 10.3. The van der Waals surface area contributed by atoms with E-state index in [1.807, 2.05) is 14.0 Å². The number of benzene rings is 1. The van der Waals surface area contributed by atoms with Crippen LogP contribution in [0.4, 0.5) is 4.39 Å². The zero-order valence-corrected chi connectivity index (χ0v) is 8.70. The first-order chi connectivity index (χ1) is 5.65. The Labute approximate surface area is 80.1 Å². The van der Waals surface area contributed by atoms with Crippen molar-refractivity contribution < 1.29 is 4.39 Å². The molecular formula is C9H11BrFN. The molecule has 66 valence electrons. The molecule has 0 bridgehead atoms. The van der Waals surface area contributed by atoms with Gasteiger partial charge >= 0.3 is 0 Å². The van der Waals surface area contributed by atoms with Crippen molar-refractivity contribution in [3.63, 3.8) is 0 Å². The van der Waals surface area contributed by atoms with E-state index in [0.717, 1.165) is 17.7 Å². The summed E-state index contributed by atoms with van der Waals surface area (Å²) < 4.78 is 13.5. The largest absolute Gasteiger partial charge is 0.316 e. The molecule has 1 N–H and O–H groups in total. The number of rotatable bonds is 2. The molecule has 12 heavy (non-hydrogen) atoms. The van der Waals surface area contributed by atoms with E-state index < -0.39 is 0 Å². The van der Waals surface area contributed by atoms with Crippen molar-refractivity contribution in [2.75, 3.05) is 7.05 Å². The molecule has 0 aromatic heterocycles. The molecule has 0 saturated heterocycles. The third-order valence-electron chi connectivity index (χ3n) is 1.75. The van der Waals surface area contributed by atoms with Gasteiger partial charge in [0.1, 0.15) is 5.82 Å². The molecule has 0 aliphatic carbocycles. The van der Waals surface area contributed by atoms with Gasteiger partial charge in [-0.3, -0.25) is 0 Å². The summed E-state index contributed by atoms with van der Waals surface area (Å²) in [6, 6.07) is 3.35. The minimum absolute atomic E-state index is 0.202. The van der Waals surface area contributed by atoms with E-state index in [1.165, 1.54) is 6.07 Å². The molecule has 0 radical (unpaired) electrons. The molecule has 1 nitrogen and oxygen atoms in total. The standard InChI is InChI=1S/C9H11BrFN/c1-6-3-9(11)8(10)4-7(6)5-12-2/h3-4,12H,5H2,1-2H3.